The molecule has 1 aromatic rings. The number of hydrogen-bond acceptors (Lipinski definition) is 2. The number of hydrogen-bond donors (Lipinski definition) is 2. The fraction of sp³-hybridized carbons (Fsp3) is 0.556. The minimum Gasteiger partial charge on any atom is -0.338 e. The molecule has 6 nitrogen and oxygen atoms in total. The largest absolute Gasteiger partial charge is 0.338 e. The Kier molecular flexibility index (Phi) is 6.53. The van der Waals surface area contributed by atoms with E-state index in [1.807, 2.05) is 45.0 Å². The van der Waals surface area contributed by atoms with Crippen LogP contribution in [-0.4, -0.2) is 60.1 Å². The second-order valence-electron chi connectivity index (χ2n) is 7.27. The highest BCUT2D eigenvalue weighted by atomic mass is 35.5. The highest BCUT2D eigenvalue weighted by Crippen LogP contribution is 2.11. The number of amides is 4. The van der Waals surface area contributed by atoms with Gasteiger partial charge >= 0.3 is 12.1 Å². The minimum absolute atomic E-state index is 0.0754. The first-order chi connectivity index (χ1) is 11.7. The van der Waals surface area contributed by atoms with Crippen molar-refractivity contribution in [2.24, 2.45) is 0 Å². The van der Waals surface area contributed by atoms with E-state index in [0.29, 0.717) is 37.7 Å². The van der Waals surface area contributed by atoms with Gasteiger partial charge in [0.1, 0.15) is 0 Å². The Morgan fingerprint density at radius 3 is 2.24 bits per heavy atom. The van der Waals surface area contributed by atoms with E-state index in [2.05, 4.69) is 10.6 Å². The lowest BCUT2D eigenvalue weighted by atomic mass is 10.1. The molecule has 0 aromatic heterocycles. The van der Waals surface area contributed by atoms with Gasteiger partial charge in [-0.15, -0.1) is 0 Å². The monoisotopic (exact) mass is 366 g/mol. The van der Waals surface area contributed by atoms with Crippen LogP contribution >= 0.6 is 11.6 Å². The highest BCUT2D eigenvalue weighted by molar-refractivity contribution is 6.30. The number of carbonyl (C=O) groups excluding carboxylic acids is 2. The molecule has 2 rings (SSSR count). The number of halogens is 1. The summed E-state index contributed by atoms with van der Waals surface area (Å²) >= 11 is 5.95. The van der Waals surface area contributed by atoms with Gasteiger partial charge in [0.25, 0.3) is 0 Å². The lowest BCUT2D eigenvalue weighted by molar-refractivity contribution is 0.139. The first-order valence-electron chi connectivity index (χ1n) is 8.59. The van der Waals surface area contributed by atoms with Crippen molar-refractivity contribution in [3.63, 3.8) is 0 Å². The molecule has 0 saturated carbocycles. The highest BCUT2D eigenvalue weighted by Gasteiger charge is 2.25. The summed E-state index contributed by atoms with van der Waals surface area (Å²) in [5.74, 6) is 0. The molecule has 1 heterocycles. The van der Waals surface area contributed by atoms with Crippen LogP contribution in [0.4, 0.5) is 9.59 Å². The molecule has 7 heteroatoms. The summed E-state index contributed by atoms with van der Waals surface area (Å²) in [6.07, 6.45) is 0.736. The average Bonchev–Trinajstić information content (AvgIpc) is 2.53. The molecule has 0 atom stereocenters. The molecule has 138 valence electrons. The molecule has 25 heavy (non-hydrogen) atoms. The van der Waals surface area contributed by atoms with Crippen LogP contribution in [0.2, 0.25) is 5.02 Å². The van der Waals surface area contributed by atoms with Crippen molar-refractivity contribution in [1.82, 2.24) is 20.4 Å². The predicted octanol–water partition coefficient (Wildman–Crippen LogP) is 2.72. The van der Waals surface area contributed by atoms with Crippen molar-refractivity contribution in [3.05, 3.63) is 34.9 Å². The zero-order valence-corrected chi connectivity index (χ0v) is 15.9. The smallest absolute Gasteiger partial charge is 0.317 e. The number of piperazine rings is 1. The van der Waals surface area contributed by atoms with E-state index < -0.39 is 0 Å². The number of nitrogens with one attached hydrogen (secondary N) is 2. The van der Waals surface area contributed by atoms with E-state index in [1.165, 1.54) is 0 Å². The summed E-state index contributed by atoms with van der Waals surface area (Å²) in [5, 5.41) is 6.58. The van der Waals surface area contributed by atoms with Crippen LogP contribution in [-0.2, 0) is 6.42 Å². The molecule has 1 aliphatic rings. The van der Waals surface area contributed by atoms with Gasteiger partial charge in [0.05, 0.1) is 0 Å². The lowest BCUT2D eigenvalue weighted by Gasteiger charge is -2.36. The predicted molar refractivity (Wildman–Crippen MR) is 100.0 cm³/mol. The first kappa shape index (κ1) is 19.4. The van der Waals surface area contributed by atoms with E-state index in [0.717, 1.165) is 12.0 Å². The first-order valence-corrected chi connectivity index (χ1v) is 8.97. The molecule has 0 spiro atoms. The topological polar surface area (TPSA) is 64.7 Å². The van der Waals surface area contributed by atoms with E-state index in [4.69, 9.17) is 11.6 Å². The van der Waals surface area contributed by atoms with Crippen molar-refractivity contribution in [1.29, 1.82) is 0 Å². The molecule has 0 aliphatic carbocycles. The van der Waals surface area contributed by atoms with Crippen LogP contribution in [0, 0.1) is 0 Å². The number of nitrogens with zero attached hydrogens (tertiary/aromatic N) is 2. The minimum atomic E-state index is -0.258. The lowest BCUT2D eigenvalue weighted by Crippen LogP contribution is -2.57. The molecule has 0 bridgehead atoms. The summed E-state index contributed by atoms with van der Waals surface area (Å²) in [6.45, 7) is 8.59. The van der Waals surface area contributed by atoms with Crippen LogP contribution in [0.3, 0.4) is 0 Å². The van der Waals surface area contributed by atoms with Gasteiger partial charge in [-0.1, -0.05) is 23.7 Å². The van der Waals surface area contributed by atoms with Crippen molar-refractivity contribution in [2.45, 2.75) is 32.7 Å². The van der Waals surface area contributed by atoms with Gasteiger partial charge in [-0.05, 0) is 44.9 Å². The van der Waals surface area contributed by atoms with Gasteiger partial charge < -0.3 is 20.4 Å². The van der Waals surface area contributed by atoms with Crippen molar-refractivity contribution in [3.8, 4) is 0 Å². The Labute approximate surface area is 154 Å². The maximum atomic E-state index is 12.2. The van der Waals surface area contributed by atoms with Gasteiger partial charge in [0.2, 0.25) is 0 Å². The molecule has 2 N–H and O–H groups in total. The van der Waals surface area contributed by atoms with Gasteiger partial charge in [-0.2, -0.15) is 0 Å². The zero-order chi connectivity index (χ0) is 18.4. The maximum absolute atomic E-state index is 12.2. The third-order valence-corrected chi connectivity index (χ3v) is 4.15. The normalized spacial score (nSPS) is 15.0. The molecular weight excluding hydrogens is 340 g/mol. The van der Waals surface area contributed by atoms with Crippen molar-refractivity contribution < 1.29 is 9.59 Å². The SMILES string of the molecule is CC(C)(C)NC(=O)N1CCN(C(=O)NCCc2cccc(Cl)c2)CC1. The fourth-order valence-corrected chi connectivity index (χ4v) is 2.84. The van der Waals surface area contributed by atoms with Gasteiger partial charge in [-0.25, -0.2) is 9.59 Å². The molecule has 0 radical (unpaired) electrons. The number of carbonyl (C=O) groups is 2. The maximum Gasteiger partial charge on any atom is 0.317 e. The van der Waals surface area contributed by atoms with E-state index in [-0.39, 0.29) is 17.6 Å². The third-order valence-electron chi connectivity index (χ3n) is 3.91. The Morgan fingerprint density at radius 1 is 1.08 bits per heavy atom. The van der Waals surface area contributed by atoms with Crippen LogP contribution < -0.4 is 10.6 Å². The molecule has 1 aliphatic heterocycles. The zero-order valence-electron chi connectivity index (χ0n) is 15.1. The van der Waals surface area contributed by atoms with Crippen LogP contribution in [0.25, 0.3) is 0 Å². The summed E-state index contributed by atoms with van der Waals surface area (Å²) in [4.78, 5) is 27.9. The summed E-state index contributed by atoms with van der Waals surface area (Å²) in [6, 6.07) is 7.47. The van der Waals surface area contributed by atoms with E-state index in [1.54, 1.807) is 9.80 Å². The van der Waals surface area contributed by atoms with Gasteiger partial charge in [0, 0.05) is 43.3 Å². The van der Waals surface area contributed by atoms with Gasteiger partial charge in [-0.3, -0.25) is 0 Å². The number of benzene rings is 1. The van der Waals surface area contributed by atoms with Gasteiger partial charge in [0.15, 0.2) is 0 Å². The van der Waals surface area contributed by atoms with E-state index in [9.17, 15) is 9.59 Å². The second-order valence-corrected chi connectivity index (χ2v) is 7.70. The Morgan fingerprint density at radius 2 is 1.68 bits per heavy atom. The van der Waals surface area contributed by atoms with Crippen molar-refractivity contribution >= 4 is 23.7 Å². The van der Waals surface area contributed by atoms with Crippen LogP contribution in [0.15, 0.2) is 24.3 Å². The molecular formula is C18H27ClN4O2. The molecule has 4 amide bonds. The number of urea groups is 2. The standard InChI is InChI=1S/C18H27ClN4O2/c1-18(2,3)21-17(25)23-11-9-22(10-12-23)16(24)20-8-7-14-5-4-6-15(19)13-14/h4-6,13H,7-12H2,1-3H3,(H,20,24)(H,21,25). The molecule has 0 unspecified atom stereocenters. The van der Waals surface area contributed by atoms with Crippen LogP contribution in [0.1, 0.15) is 26.3 Å². The summed E-state index contributed by atoms with van der Waals surface area (Å²) in [5.41, 5.74) is 0.836. The van der Waals surface area contributed by atoms with Crippen molar-refractivity contribution in [2.75, 3.05) is 32.7 Å². The quantitative estimate of drug-likeness (QED) is 0.863. The summed E-state index contributed by atoms with van der Waals surface area (Å²) < 4.78 is 0. The summed E-state index contributed by atoms with van der Waals surface area (Å²) in [7, 11) is 0. The Balaban J connectivity index is 1.71. The second kappa shape index (κ2) is 8.43. The fourth-order valence-electron chi connectivity index (χ4n) is 2.63. The number of rotatable bonds is 3. The Hall–Kier alpha value is -1.95. The van der Waals surface area contributed by atoms with E-state index >= 15 is 0 Å². The van der Waals surface area contributed by atoms with Crippen LogP contribution in [0.5, 0.6) is 0 Å². The Bertz CT molecular complexity index is 607. The molecule has 1 saturated heterocycles. The average molecular weight is 367 g/mol. The molecule has 1 fully saturated rings. The molecule has 1 aromatic carbocycles. The third kappa shape index (κ3) is 6.46.